The molecule has 0 bridgehead atoms. The maximum absolute atomic E-state index is 11.4. The molecule has 1 aliphatic carbocycles. The Morgan fingerprint density at radius 3 is 3.00 bits per heavy atom. The molecule has 0 amide bonds. The van der Waals surface area contributed by atoms with Crippen molar-refractivity contribution in [2.45, 2.75) is 49.4 Å². The van der Waals surface area contributed by atoms with Crippen LogP contribution in [0.25, 0.3) is 0 Å². The first-order chi connectivity index (χ1) is 5.75. The van der Waals surface area contributed by atoms with E-state index >= 15 is 0 Å². The van der Waals surface area contributed by atoms with Crippen molar-refractivity contribution >= 4 is 28.4 Å². The van der Waals surface area contributed by atoms with Crippen LogP contribution in [0.15, 0.2) is 0 Å². The van der Waals surface area contributed by atoms with Crippen LogP contribution in [-0.2, 0) is 4.79 Å². The second-order valence-electron chi connectivity index (χ2n) is 3.66. The van der Waals surface area contributed by atoms with E-state index in [4.69, 9.17) is 0 Å². The molecule has 0 N–H and O–H groups in total. The molecular weight excluding hydrogens is 263 g/mol. The third-order valence-electron chi connectivity index (χ3n) is 2.65. The zero-order valence-electron chi connectivity index (χ0n) is 7.68. The number of halogens is 1. The third kappa shape index (κ3) is 2.71. The van der Waals surface area contributed by atoms with Crippen LogP contribution in [0.3, 0.4) is 0 Å². The largest absolute Gasteiger partial charge is 0.299 e. The van der Waals surface area contributed by atoms with Gasteiger partial charge in [-0.25, -0.2) is 0 Å². The van der Waals surface area contributed by atoms with Crippen LogP contribution < -0.4 is 0 Å². The summed E-state index contributed by atoms with van der Waals surface area (Å²) >= 11 is 2.33. The van der Waals surface area contributed by atoms with E-state index in [0.717, 1.165) is 12.8 Å². The van der Waals surface area contributed by atoms with Crippen molar-refractivity contribution in [1.82, 2.24) is 0 Å². The van der Waals surface area contributed by atoms with Gasteiger partial charge in [0.05, 0.1) is 3.92 Å². The van der Waals surface area contributed by atoms with Crippen LogP contribution in [0.4, 0.5) is 0 Å². The summed E-state index contributed by atoms with van der Waals surface area (Å²) in [6.07, 6.45) is 7.05. The van der Waals surface area contributed by atoms with Gasteiger partial charge in [-0.15, -0.1) is 0 Å². The second-order valence-corrected chi connectivity index (χ2v) is 5.00. The van der Waals surface area contributed by atoms with Crippen molar-refractivity contribution < 1.29 is 4.79 Å². The number of rotatable bonds is 3. The molecule has 0 radical (unpaired) electrons. The van der Waals surface area contributed by atoms with Gasteiger partial charge in [-0.2, -0.15) is 0 Å². The number of Topliss-reactive ketones (excluding diaryl/α,β-unsaturated/α-hetero) is 1. The average Bonchev–Trinajstić information content (AvgIpc) is 2.08. The van der Waals surface area contributed by atoms with Crippen LogP contribution >= 0.6 is 22.6 Å². The Morgan fingerprint density at radius 1 is 1.58 bits per heavy atom. The molecular formula is C10H17IO. The fourth-order valence-corrected chi connectivity index (χ4v) is 2.87. The zero-order valence-corrected chi connectivity index (χ0v) is 9.84. The van der Waals surface area contributed by atoms with Crippen LogP contribution in [0, 0.1) is 5.92 Å². The maximum atomic E-state index is 11.4. The van der Waals surface area contributed by atoms with Gasteiger partial charge in [0, 0.05) is 6.42 Å². The molecule has 0 aromatic heterocycles. The molecule has 0 aliphatic heterocycles. The number of alkyl halides is 1. The Morgan fingerprint density at radius 2 is 2.33 bits per heavy atom. The molecule has 1 saturated carbocycles. The Bertz CT molecular complexity index is 156. The third-order valence-corrected chi connectivity index (χ3v) is 4.36. The molecule has 1 fully saturated rings. The van der Waals surface area contributed by atoms with E-state index in [1.807, 2.05) is 0 Å². The van der Waals surface area contributed by atoms with Gasteiger partial charge < -0.3 is 0 Å². The van der Waals surface area contributed by atoms with E-state index < -0.39 is 0 Å². The van der Waals surface area contributed by atoms with E-state index in [1.54, 1.807) is 0 Å². The standard InChI is InChI=1S/C10H17IO/c1-2-3-5-8-6-4-7-9(12)10(8)11/h8,10H,2-7H2,1H3/t8-,10+/m0/s1. The Balaban J connectivity index is 2.35. The van der Waals surface area contributed by atoms with Gasteiger partial charge in [-0.1, -0.05) is 42.4 Å². The predicted molar refractivity (Wildman–Crippen MR) is 59.7 cm³/mol. The molecule has 12 heavy (non-hydrogen) atoms. The Kier molecular flexibility index (Phi) is 4.54. The lowest BCUT2D eigenvalue weighted by molar-refractivity contribution is -0.120. The number of carbonyl (C=O) groups is 1. The SMILES string of the molecule is CCCC[C@H]1CCCC(=O)[C@@H]1I. The van der Waals surface area contributed by atoms with E-state index in [0.29, 0.717) is 15.6 Å². The van der Waals surface area contributed by atoms with E-state index in [2.05, 4.69) is 29.5 Å². The molecule has 0 saturated heterocycles. The highest BCUT2D eigenvalue weighted by molar-refractivity contribution is 14.1. The van der Waals surface area contributed by atoms with Crippen molar-refractivity contribution in [2.24, 2.45) is 5.92 Å². The molecule has 0 unspecified atom stereocenters. The van der Waals surface area contributed by atoms with Crippen molar-refractivity contribution in [3.05, 3.63) is 0 Å². The quantitative estimate of drug-likeness (QED) is 0.572. The minimum atomic E-state index is 0.322. The monoisotopic (exact) mass is 280 g/mol. The molecule has 70 valence electrons. The number of unbranched alkanes of at least 4 members (excludes halogenated alkanes) is 1. The summed E-state index contributed by atoms with van der Waals surface area (Å²) < 4.78 is 0.322. The number of hydrogen-bond donors (Lipinski definition) is 0. The van der Waals surface area contributed by atoms with Crippen molar-refractivity contribution in [2.75, 3.05) is 0 Å². The van der Waals surface area contributed by atoms with E-state index in [9.17, 15) is 4.79 Å². The molecule has 0 heterocycles. The molecule has 1 aliphatic rings. The molecule has 0 aromatic carbocycles. The topological polar surface area (TPSA) is 17.1 Å². The lowest BCUT2D eigenvalue weighted by Gasteiger charge is -2.25. The van der Waals surface area contributed by atoms with E-state index in [1.165, 1.54) is 25.7 Å². The van der Waals surface area contributed by atoms with Gasteiger partial charge in [0.1, 0.15) is 5.78 Å². The molecule has 0 aromatic rings. The fraction of sp³-hybridized carbons (Fsp3) is 0.900. The van der Waals surface area contributed by atoms with Crippen LogP contribution in [0.2, 0.25) is 0 Å². The minimum absolute atomic E-state index is 0.322. The zero-order chi connectivity index (χ0) is 8.97. The Labute approximate surface area is 88.4 Å². The summed E-state index contributed by atoms with van der Waals surface area (Å²) in [7, 11) is 0. The maximum Gasteiger partial charge on any atom is 0.145 e. The molecule has 2 atom stereocenters. The lowest BCUT2D eigenvalue weighted by atomic mass is 9.85. The van der Waals surface area contributed by atoms with Gasteiger partial charge in [0.2, 0.25) is 0 Å². The van der Waals surface area contributed by atoms with E-state index in [-0.39, 0.29) is 0 Å². The first-order valence-electron chi connectivity index (χ1n) is 4.92. The van der Waals surface area contributed by atoms with Gasteiger partial charge >= 0.3 is 0 Å². The molecule has 2 heteroatoms. The number of carbonyl (C=O) groups excluding carboxylic acids is 1. The second kappa shape index (κ2) is 5.20. The molecule has 1 nitrogen and oxygen atoms in total. The minimum Gasteiger partial charge on any atom is -0.299 e. The van der Waals surface area contributed by atoms with Gasteiger partial charge in [-0.05, 0) is 25.2 Å². The smallest absolute Gasteiger partial charge is 0.145 e. The highest BCUT2D eigenvalue weighted by Gasteiger charge is 2.28. The Hall–Kier alpha value is 0.400. The average molecular weight is 280 g/mol. The number of ketones is 1. The summed E-state index contributed by atoms with van der Waals surface area (Å²) in [6, 6.07) is 0. The van der Waals surface area contributed by atoms with Crippen LogP contribution in [-0.4, -0.2) is 9.71 Å². The van der Waals surface area contributed by atoms with Crippen molar-refractivity contribution in [3.63, 3.8) is 0 Å². The highest BCUT2D eigenvalue weighted by atomic mass is 127. The molecule has 1 rings (SSSR count). The summed E-state index contributed by atoms with van der Waals surface area (Å²) in [5.41, 5.74) is 0. The summed E-state index contributed by atoms with van der Waals surface area (Å²) in [5, 5.41) is 0. The predicted octanol–water partition coefficient (Wildman–Crippen LogP) is 3.35. The molecule has 0 spiro atoms. The normalized spacial score (nSPS) is 30.7. The van der Waals surface area contributed by atoms with Gasteiger partial charge in [-0.3, -0.25) is 4.79 Å². The van der Waals surface area contributed by atoms with Gasteiger partial charge in [0.15, 0.2) is 0 Å². The summed E-state index contributed by atoms with van der Waals surface area (Å²) in [5.74, 6) is 1.18. The van der Waals surface area contributed by atoms with Crippen LogP contribution in [0.5, 0.6) is 0 Å². The summed E-state index contributed by atoms with van der Waals surface area (Å²) in [4.78, 5) is 11.4. The van der Waals surface area contributed by atoms with Crippen molar-refractivity contribution in [3.8, 4) is 0 Å². The fourth-order valence-electron chi connectivity index (χ4n) is 1.84. The summed E-state index contributed by atoms with van der Waals surface area (Å²) in [6.45, 7) is 2.22. The van der Waals surface area contributed by atoms with Gasteiger partial charge in [0.25, 0.3) is 0 Å². The first kappa shape index (κ1) is 10.5. The number of hydrogen-bond acceptors (Lipinski definition) is 1. The lowest BCUT2D eigenvalue weighted by Crippen LogP contribution is -2.28. The van der Waals surface area contributed by atoms with Crippen molar-refractivity contribution in [1.29, 1.82) is 0 Å². The highest BCUT2D eigenvalue weighted by Crippen LogP contribution is 2.31. The first-order valence-corrected chi connectivity index (χ1v) is 6.17. The van der Waals surface area contributed by atoms with Crippen LogP contribution in [0.1, 0.15) is 45.4 Å².